The Balaban J connectivity index is 1.79. The van der Waals surface area contributed by atoms with Gasteiger partial charge in [-0.3, -0.25) is 5.43 Å². The number of hydrazone groups is 1. The van der Waals surface area contributed by atoms with Gasteiger partial charge < -0.3 is 26.1 Å². The molecule has 1 aliphatic carbocycles. The number of carbonyl (C=O) groups is 1. The molecular formula is C25H31FN8O2. The molecule has 3 rings (SSSR count). The van der Waals surface area contributed by atoms with Crippen molar-refractivity contribution in [2.24, 2.45) is 5.10 Å². The molecular weight excluding hydrogens is 463 g/mol. The molecule has 1 aromatic heterocycles. The minimum absolute atomic E-state index is 0.00995. The van der Waals surface area contributed by atoms with Crippen molar-refractivity contribution in [1.29, 1.82) is 10.7 Å². The van der Waals surface area contributed by atoms with E-state index in [9.17, 15) is 14.4 Å². The number of hydrogen-bond donors (Lipinski definition) is 5. The average Bonchev–Trinajstić information content (AvgIpc) is 2.81. The molecule has 1 amide bonds. The van der Waals surface area contributed by atoms with Gasteiger partial charge in [-0.15, -0.1) is 0 Å². The molecule has 1 heterocycles. The monoisotopic (exact) mass is 494 g/mol. The number of benzene rings is 1. The van der Waals surface area contributed by atoms with E-state index in [-0.39, 0.29) is 29.3 Å². The Hall–Kier alpha value is -4.20. The zero-order valence-electron chi connectivity index (χ0n) is 20.6. The van der Waals surface area contributed by atoms with E-state index in [1.54, 1.807) is 45.0 Å². The summed E-state index contributed by atoms with van der Waals surface area (Å²) in [6.45, 7) is 5.38. The van der Waals surface area contributed by atoms with Crippen molar-refractivity contribution in [1.82, 2.24) is 10.3 Å². The van der Waals surface area contributed by atoms with Gasteiger partial charge in [0.15, 0.2) is 17.5 Å². The standard InChI is InChI=1S/C25H31FN8O2/c1-25(2,3)36-24(35)32-21-10-5-4-9-20(21)31-23-19(26)13-16(15-28)22(33-23)30-17-7-6-8-18(14-17)34-29-12-11-27/h6-8,11-14,20-21,27,34H,4-5,9-10H2,1-3H3,(H,32,35)(H2,30,31,33)/b27-11?,29-12-/t20-,21+/m1/s1. The van der Waals surface area contributed by atoms with Crippen LogP contribution in [0.4, 0.5) is 32.2 Å². The van der Waals surface area contributed by atoms with Crippen LogP contribution in [0, 0.1) is 22.6 Å². The van der Waals surface area contributed by atoms with E-state index in [0.717, 1.165) is 31.5 Å². The second kappa shape index (κ2) is 12.0. The van der Waals surface area contributed by atoms with E-state index in [1.807, 2.05) is 6.07 Å². The number of anilines is 4. The summed E-state index contributed by atoms with van der Waals surface area (Å²) >= 11 is 0. The van der Waals surface area contributed by atoms with E-state index in [0.29, 0.717) is 17.8 Å². The largest absolute Gasteiger partial charge is 0.444 e. The zero-order chi connectivity index (χ0) is 26.1. The second-order valence-corrected chi connectivity index (χ2v) is 9.38. The molecule has 0 saturated heterocycles. The van der Waals surface area contributed by atoms with Crippen molar-refractivity contribution in [2.45, 2.75) is 64.1 Å². The van der Waals surface area contributed by atoms with Crippen LogP contribution in [-0.4, -0.2) is 41.2 Å². The number of rotatable bonds is 8. The molecule has 0 unspecified atom stereocenters. The first-order valence-electron chi connectivity index (χ1n) is 11.7. The van der Waals surface area contributed by atoms with E-state index in [1.165, 1.54) is 6.21 Å². The molecule has 1 saturated carbocycles. The van der Waals surface area contributed by atoms with Crippen LogP contribution in [0.3, 0.4) is 0 Å². The number of carbonyl (C=O) groups excluding carboxylic acids is 1. The van der Waals surface area contributed by atoms with Crippen LogP contribution in [0.1, 0.15) is 52.0 Å². The quantitative estimate of drug-likeness (QED) is 0.252. The Kier molecular flexibility index (Phi) is 8.78. The Labute approximate surface area is 209 Å². The first-order valence-corrected chi connectivity index (χ1v) is 11.7. The Morgan fingerprint density at radius 1 is 1.22 bits per heavy atom. The number of nitrogens with zero attached hydrogens (tertiary/aromatic N) is 3. The maximum atomic E-state index is 14.9. The maximum absolute atomic E-state index is 14.9. The summed E-state index contributed by atoms with van der Waals surface area (Å²) in [5, 5.41) is 29.5. The van der Waals surface area contributed by atoms with Crippen LogP contribution in [0.15, 0.2) is 35.4 Å². The number of alkyl carbamates (subject to hydrolysis) is 1. The normalized spacial score (nSPS) is 17.6. The lowest BCUT2D eigenvalue weighted by Crippen LogP contribution is -2.50. The van der Waals surface area contributed by atoms with Crippen LogP contribution < -0.4 is 21.4 Å². The van der Waals surface area contributed by atoms with Gasteiger partial charge in [-0.1, -0.05) is 18.9 Å². The van der Waals surface area contributed by atoms with Gasteiger partial charge in [0.25, 0.3) is 0 Å². The molecule has 36 heavy (non-hydrogen) atoms. The van der Waals surface area contributed by atoms with Crippen LogP contribution in [0.2, 0.25) is 0 Å². The number of aromatic nitrogens is 1. The van der Waals surface area contributed by atoms with Gasteiger partial charge in [0, 0.05) is 17.9 Å². The second-order valence-electron chi connectivity index (χ2n) is 9.38. The topological polar surface area (TPSA) is 147 Å². The molecule has 2 aromatic rings. The van der Waals surface area contributed by atoms with Crippen molar-refractivity contribution < 1.29 is 13.9 Å². The third kappa shape index (κ3) is 7.66. The Morgan fingerprint density at radius 3 is 2.64 bits per heavy atom. The van der Waals surface area contributed by atoms with Crippen LogP contribution in [0.25, 0.3) is 0 Å². The minimum Gasteiger partial charge on any atom is -0.444 e. The van der Waals surface area contributed by atoms with E-state index in [4.69, 9.17) is 10.1 Å². The van der Waals surface area contributed by atoms with Gasteiger partial charge in [0.2, 0.25) is 0 Å². The van der Waals surface area contributed by atoms with Crippen molar-refractivity contribution in [3.05, 3.63) is 41.7 Å². The molecule has 2 atom stereocenters. The smallest absolute Gasteiger partial charge is 0.407 e. The fourth-order valence-corrected chi connectivity index (χ4v) is 3.83. The van der Waals surface area contributed by atoms with Gasteiger partial charge in [-0.25, -0.2) is 14.2 Å². The molecule has 11 heteroatoms. The Morgan fingerprint density at radius 2 is 1.94 bits per heavy atom. The highest BCUT2D eigenvalue weighted by molar-refractivity contribution is 6.14. The van der Waals surface area contributed by atoms with Crippen molar-refractivity contribution >= 4 is 41.5 Å². The molecule has 190 valence electrons. The highest BCUT2D eigenvalue weighted by Crippen LogP contribution is 2.28. The maximum Gasteiger partial charge on any atom is 0.407 e. The van der Waals surface area contributed by atoms with Crippen LogP contribution in [-0.2, 0) is 4.74 Å². The van der Waals surface area contributed by atoms with E-state index < -0.39 is 17.5 Å². The molecule has 10 nitrogen and oxygen atoms in total. The molecule has 0 bridgehead atoms. The SMILES string of the molecule is CC(C)(C)OC(=O)N[C@H]1CCCC[C@H]1Nc1nc(Nc2cccc(N/N=C\C=N)c2)c(C#N)cc1F. The van der Waals surface area contributed by atoms with Crippen LogP contribution >= 0.6 is 0 Å². The summed E-state index contributed by atoms with van der Waals surface area (Å²) in [6, 6.07) is 9.65. The zero-order valence-corrected chi connectivity index (χ0v) is 20.6. The molecule has 1 aromatic carbocycles. The van der Waals surface area contributed by atoms with Gasteiger partial charge in [-0.05, 0) is 57.9 Å². The number of pyridine rings is 1. The highest BCUT2D eigenvalue weighted by Gasteiger charge is 2.29. The molecule has 1 aliphatic rings. The number of ether oxygens (including phenoxy) is 1. The average molecular weight is 495 g/mol. The summed E-state index contributed by atoms with van der Waals surface area (Å²) in [5.41, 5.74) is 3.46. The lowest BCUT2D eigenvalue weighted by Gasteiger charge is -2.33. The third-order valence-electron chi connectivity index (χ3n) is 5.35. The Bertz CT molecular complexity index is 1160. The fraction of sp³-hybridized carbons (Fsp3) is 0.400. The predicted molar refractivity (Wildman–Crippen MR) is 139 cm³/mol. The summed E-state index contributed by atoms with van der Waals surface area (Å²) in [5.74, 6) is -0.478. The third-order valence-corrected chi connectivity index (χ3v) is 5.35. The summed E-state index contributed by atoms with van der Waals surface area (Å²) < 4.78 is 20.3. The first-order chi connectivity index (χ1) is 17.2. The fourth-order valence-electron chi connectivity index (χ4n) is 3.83. The van der Waals surface area contributed by atoms with Gasteiger partial charge in [0.05, 0.1) is 23.5 Å². The number of halogens is 1. The summed E-state index contributed by atoms with van der Waals surface area (Å²) in [4.78, 5) is 16.7. The lowest BCUT2D eigenvalue weighted by molar-refractivity contribution is 0.0488. The van der Waals surface area contributed by atoms with E-state index >= 15 is 0 Å². The van der Waals surface area contributed by atoms with Crippen molar-refractivity contribution in [3.63, 3.8) is 0 Å². The number of hydrogen-bond acceptors (Lipinski definition) is 9. The highest BCUT2D eigenvalue weighted by atomic mass is 19.1. The van der Waals surface area contributed by atoms with Crippen molar-refractivity contribution in [2.75, 3.05) is 16.1 Å². The minimum atomic E-state index is -0.657. The molecule has 0 aliphatic heterocycles. The molecule has 5 N–H and O–H groups in total. The first kappa shape index (κ1) is 26.4. The van der Waals surface area contributed by atoms with Gasteiger partial charge >= 0.3 is 6.09 Å². The van der Waals surface area contributed by atoms with Gasteiger partial charge in [0.1, 0.15) is 11.7 Å². The summed E-state index contributed by atoms with van der Waals surface area (Å²) in [7, 11) is 0. The molecule has 1 fully saturated rings. The van der Waals surface area contributed by atoms with Gasteiger partial charge in [-0.2, -0.15) is 10.4 Å². The number of nitrogens with one attached hydrogen (secondary N) is 5. The summed E-state index contributed by atoms with van der Waals surface area (Å²) in [6.07, 6.45) is 5.12. The number of amides is 1. The van der Waals surface area contributed by atoms with Crippen LogP contribution in [0.5, 0.6) is 0 Å². The molecule has 0 radical (unpaired) electrons. The predicted octanol–water partition coefficient (Wildman–Crippen LogP) is 5.13. The number of nitriles is 1. The van der Waals surface area contributed by atoms with E-state index in [2.05, 4.69) is 31.5 Å². The molecule has 0 spiro atoms. The lowest BCUT2D eigenvalue weighted by atomic mass is 9.90. The van der Waals surface area contributed by atoms with Crippen molar-refractivity contribution in [3.8, 4) is 6.07 Å².